The van der Waals surface area contributed by atoms with E-state index in [1.165, 1.54) is 0 Å². The number of amides is 1. The number of likely N-dealkylation sites (tertiary alicyclic amines) is 1. The molecule has 3 aliphatic rings. The first-order chi connectivity index (χ1) is 11.9. The molecule has 6 nitrogen and oxygen atoms in total. The molecule has 0 aromatic carbocycles. The zero-order valence-electron chi connectivity index (χ0n) is 17.3. The number of rotatable bonds is 2. The highest BCUT2D eigenvalue weighted by Crippen LogP contribution is 2.47. The molecule has 0 aliphatic carbocycles. The lowest BCUT2D eigenvalue weighted by atomic mass is 9.63. The van der Waals surface area contributed by atoms with E-state index in [0.717, 1.165) is 19.6 Å². The average Bonchev–Trinajstić information content (AvgIpc) is 3.16. The largest absolute Gasteiger partial charge is 0.463 e. The fourth-order valence-electron chi connectivity index (χ4n) is 4.07. The van der Waals surface area contributed by atoms with Crippen LogP contribution in [0.15, 0.2) is 0 Å². The van der Waals surface area contributed by atoms with E-state index in [0.29, 0.717) is 24.9 Å². The maximum absolute atomic E-state index is 12.6. The molecule has 3 heterocycles. The van der Waals surface area contributed by atoms with Gasteiger partial charge in [-0.1, -0.05) is 0 Å². The zero-order chi connectivity index (χ0) is 19.3. The molecule has 0 spiro atoms. The van der Waals surface area contributed by atoms with Crippen LogP contribution in [-0.2, 0) is 18.8 Å². The quantitative estimate of drug-likeness (QED) is 0.701. The lowest BCUT2D eigenvalue weighted by Gasteiger charge is -2.32. The van der Waals surface area contributed by atoms with Crippen molar-refractivity contribution in [3.63, 3.8) is 0 Å². The van der Waals surface area contributed by atoms with Crippen LogP contribution in [0.25, 0.3) is 0 Å². The van der Waals surface area contributed by atoms with E-state index in [1.54, 1.807) is 0 Å². The second kappa shape index (κ2) is 6.68. The van der Waals surface area contributed by atoms with Crippen LogP contribution in [0.5, 0.6) is 0 Å². The fourth-order valence-corrected chi connectivity index (χ4v) is 4.07. The van der Waals surface area contributed by atoms with Crippen molar-refractivity contribution in [1.82, 2.24) is 4.90 Å². The van der Waals surface area contributed by atoms with Crippen LogP contribution in [0, 0.1) is 11.8 Å². The van der Waals surface area contributed by atoms with Crippen molar-refractivity contribution in [3.05, 3.63) is 0 Å². The van der Waals surface area contributed by atoms with Gasteiger partial charge in [-0.05, 0) is 66.7 Å². The predicted octanol–water partition coefficient (Wildman–Crippen LogP) is 3.35. The first-order valence-corrected chi connectivity index (χ1v) is 9.81. The molecule has 26 heavy (non-hydrogen) atoms. The molecule has 3 rings (SSSR count). The van der Waals surface area contributed by atoms with Crippen molar-refractivity contribution in [2.24, 2.45) is 11.8 Å². The van der Waals surface area contributed by atoms with Crippen molar-refractivity contribution < 1.29 is 23.6 Å². The van der Waals surface area contributed by atoms with Crippen LogP contribution < -0.4 is 0 Å². The standard InChI is InChI=1S/C19H34BNO5/c1-17(2,3)24-16(22)21-10-14(13-8-9-23-12-13)15(11-21)20-25-18(4,5)19(6,7)26-20/h13-15H,8-12H2,1-7H3. The molecule has 3 unspecified atom stereocenters. The summed E-state index contributed by atoms with van der Waals surface area (Å²) >= 11 is 0. The van der Waals surface area contributed by atoms with Crippen LogP contribution in [0.2, 0.25) is 5.82 Å². The first-order valence-electron chi connectivity index (χ1n) is 9.81. The van der Waals surface area contributed by atoms with E-state index in [1.807, 2.05) is 25.7 Å². The molecule has 1 amide bonds. The molecular formula is C19H34BNO5. The Labute approximate surface area is 158 Å². The van der Waals surface area contributed by atoms with E-state index < -0.39 is 5.60 Å². The maximum atomic E-state index is 12.6. The molecule has 0 aromatic rings. The first kappa shape index (κ1) is 20.0. The number of nitrogens with zero attached hydrogens (tertiary/aromatic N) is 1. The van der Waals surface area contributed by atoms with Crippen LogP contribution in [-0.4, -0.2) is 61.2 Å². The highest BCUT2D eigenvalue weighted by molar-refractivity contribution is 6.47. The molecule has 7 heteroatoms. The molecule has 3 saturated heterocycles. The van der Waals surface area contributed by atoms with Gasteiger partial charge in [-0.2, -0.15) is 0 Å². The van der Waals surface area contributed by atoms with Gasteiger partial charge in [-0.3, -0.25) is 0 Å². The minimum absolute atomic E-state index is 0.135. The number of carbonyl (C=O) groups is 1. The molecule has 0 saturated carbocycles. The molecular weight excluding hydrogens is 333 g/mol. The Kier molecular flexibility index (Phi) is 5.13. The summed E-state index contributed by atoms with van der Waals surface area (Å²) in [6.45, 7) is 16.8. The van der Waals surface area contributed by atoms with E-state index >= 15 is 0 Å². The number of ether oxygens (including phenoxy) is 2. The van der Waals surface area contributed by atoms with Gasteiger partial charge in [0.05, 0.1) is 11.2 Å². The monoisotopic (exact) mass is 367 g/mol. The lowest BCUT2D eigenvalue weighted by molar-refractivity contribution is 0.00578. The summed E-state index contributed by atoms with van der Waals surface area (Å²) in [5.41, 5.74) is -1.23. The summed E-state index contributed by atoms with van der Waals surface area (Å²) in [6.07, 6.45) is 0.781. The van der Waals surface area contributed by atoms with Gasteiger partial charge in [0, 0.05) is 32.1 Å². The summed E-state index contributed by atoms with van der Waals surface area (Å²) in [5.74, 6) is 0.876. The van der Waals surface area contributed by atoms with Crippen molar-refractivity contribution in [1.29, 1.82) is 0 Å². The van der Waals surface area contributed by atoms with Gasteiger partial charge in [0.1, 0.15) is 5.60 Å². The Morgan fingerprint density at radius 3 is 2.23 bits per heavy atom. The third kappa shape index (κ3) is 3.90. The van der Waals surface area contributed by atoms with Crippen molar-refractivity contribution in [3.8, 4) is 0 Å². The van der Waals surface area contributed by atoms with Gasteiger partial charge in [-0.15, -0.1) is 0 Å². The van der Waals surface area contributed by atoms with Crippen molar-refractivity contribution >= 4 is 13.2 Å². The highest BCUT2D eigenvalue weighted by Gasteiger charge is 2.58. The molecule has 3 fully saturated rings. The summed E-state index contributed by atoms with van der Waals surface area (Å²) in [5, 5.41) is 0. The van der Waals surface area contributed by atoms with Crippen LogP contribution in [0.1, 0.15) is 54.9 Å². The van der Waals surface area contributed by atoms with Crippen molar-refractivity contribution in [2.75, 3.05) is 26.3 Å². The van der Waals surface area contributed by atoms with E-state index in [2.05, 4.69) is 27.7 Å². The van der Waals surface area contributed by atoms with Gasteiger partial charge in [0.2, 0.25) is 0 Å². The minimum Gasteiger partial charge on any atom is -0.444 e. The predicted molar refractivity (Wildman–Crippen MR) is 100 cm³/mol. The third-order valence-corrected chi connectivity index (χ3v) is 6.26. The Morgan fingerprint density at radius 2 is 1.73 bits per heavy atom. The molecule has 3 atom stereocenters. The van der Waals surface area contributed by atoms with Crippen LogP contribution in [0.4, 0.5) is 4.79 Å². The van der Waals surface area contributed by atoms with Crippen LogP contribution >= 0.6 is 0 Å². The molecule has 0 bridgehead atoms. The fraction of sp³-hybridized carbons (Fsp3) is 0.947. The molecule has 3 aliphatic heterocycles. The normalized spacial score (nSPS) is 33.7. The van der Waals surface area contributed by atoms with Crippen LogP contribution in [0.3, 0.4) is 0 Å². The molecule has 0 aromatic heterocycles. The average molecular weight is 367 g/mol. The zero-order valence-corrected chi connectivity index (χ0v) is 17.3. The van der Waals surface area contributed by atoms with E-state index in [-0.39, 0.29) is 30.2 Å². The van der Waals surface area contributed by atoms with E-state index in [9.17, 15) is 4.79 Å². The third-order valence-electron chi connectivity index (χ3n) is 6.26. The minimum atomic E-state index is -0.495. The summed E-state index contributed by atoms with van der Waals surface area (Å²) in [4.78, 5) is 14.5. The number of carbonyl (C=O) groups excluding carboxylic acids is 1. The smallest absolute Gasteiger partial charge is 0.444 e. The Bertz CT molecular complexity index is 523. The van der Waals surface area contributed by atoms with Crippen molar-refractivity contribution in [2.45, 2.75) is 77.5 Å². The number of hydrogen-bond donors (Lipinski definition) is 0. The van der Waals surface area contributed by atoms with Gasteiger partial charge in [0.25, 0.3) is 0 Å². The van der Waals surface area contributed by atoms with Gasteiger partial charge in [0.15, 0.2) is 0 Å². The molecule has 0 N–H and O–H groups in total. The topological polar surface area (TPSA) is 57.2 Å². The maximum Gasteiger partial charge on any atom is 0.463 e. The van der Waals surface area contributed by atoms with Gasteiger partial charge in [-0.25, -0.2) is 4.79 Å². The summed E-state index contributed by atoms with van der Waals surface area (Å²) in [6, 6.07) is 0. The summed E-state index contributed by atoms with van der Waals surface area (Å²) < 4.78 is 23.9. The lowest BCUT2D eigenvalue weighted by Crippen LogP contribution is -2.41. The number of hydrogen-bond acceptors (Lipinski definition) is 5. The summed E-state index contributed by atoms with van der Waals surface area (Å²) in [7, 11) is -0.307. The Hall–Kier alpha value is -0.785. The second-order valence-electron chi connectivity index (χ2n) is 9.96. The molecule has 0 radical (unpaired) electrons. The molecule has 148 valence electrons. The second-order valence-corrected chi connectivity index (χ2v) is 9.96. The van der Waals surface area contributed by atoms with E-state index in [4.69, 9.17) is 18.8 Å². The SMILES string of the molecule is CC(C)(C)OC(=O)N1CC(B2OC(C)(C)C(C)(C)O2)C(C2CCOC2)C1. The highest BCUT2D eigenvalue weighted by atomic mass is 16.7. The Morgan fingerprint density at radius 1 is 1.12 bits per heavy atom. The van der Waals surface area contributed by atoms with Gasteiger partial charge >= 0.3 is 13.2 Å². The van der Waals surface area contributed by atoms with Gasteiger partial charge < -0.3 is 23.7 Å². The Balaban J connectivity index is 1.77.